The summed E-state index contributed by atoms with van der Waals surface area (Å²) in [6.45, 7) is 1.81. The highest BCUT2D eigenvalue weighted by atomic mass is 32.2. The van der Waals surface area contributed by atoms with E-state index in [1.807, 2.05) is 31.2 Å². The van der Waals surface area contributed by atoms with Gasteiger partial charge in [-0.05, 0) is 25.0 Å². The zero-order valence-electron chi connectivity index (χ0n) is 15.0. The van der Waals surface area contributed by atoms with Gasteiger partial charge in [-0.2, -0.15) is 16.9 Å². The predicted molar refractivity (Wildman–Crippen MR) is 105 cm³/mol. The van der Waals surface area contributed by atoms with Crippen molar-refractivity contribution in [2.24, 2.45) is 0 Å². The van der Waals surface area contributed by atoms with Crippen molar-refractivity contribution >= 4 is 33.3 Å². The van der Waals surface area contributed by atoms with Gasteiger partial charge < -0.3 is 10.1 Å². The highest BCUT2D eigenvalue weighted by Gasteiger charge is 2.34. The van der Waals surface area contributed by atoms with Crippen molar-refractivity contribution in [3.63, 3.8) is 0 Å². The number of aryl methyl sites for hydroxylation is 1. The van der Waals surface area contributed by atoms with Gasteiger partial charge in [0.15, 0.2) is 16.4 Å². The molecule has 0 saturated carbocycles. The van der Waals surface area contributed by atoms with Crippen LogP contribution in [0, 0.1) is 6.92 Å². The molecule has 3 heterocycles. The van der Waals surface area contributed by atoms with Gasteiger partial charge in [0.2, 0.25) is 0 Å². The molecule has 0 bridgehead atoms. The molecule has 1 amide bonds. The van der Waals surface area contributed by atoms with E-state index in [-0.39, 0.29) is 30.1 Å². The zero-order chi connectivity index (χ0) is 19.0. The molecule has 2 aromatic rings. The highest BCUT2D eigenvalue weighted by molar-refractivity contribution is 7.98. The zero-order valence-corrected chi connectivity index (χ0v) is 16.6. The summed E-state index contributed by atoms with van der Waals surface area (Å²) >= 11 is 1.74. The first-order valence-electron chi connectivity index (χ1n) is 8.79. The molecule has 144 valence electrons. The van der Waals surface area contributed by atoms with Gasteiger partial charge in [0.1, 0.15) is 11.6 Å². The fraction of sp³-hybridized carbons (Fsp3) is 0.444. The van der Waals surface area contributed by atoms with Crippen molar-refractivity contribution in [2.45, 2.75) is 30.9 Å². The first kappa shape index (κ1) is 18.4. The first-order chi connectivity index (χ1) is 12.9. The van der Waals surface area contributed by atoms with Gasteiger partial charge in [-0.15, -0.1) is 0 Å². The van der Waals surface area contributed by atoms with E-state index in [0.29, 0.717) is 18.0 Å². The Morgan fingerprint density at radius 3 is 2.93 bits per heavy atom. The normalized spacial score (nSPS) is 20.4. The van der Waals surface area contributed by atoms with Gasteiger partial charge in [-0.25, -0.2) is 13.1 Å². The van der Waals surface area contributed by atoms with E-state index >= 15 is 0 Å². The minimum absolute atomic E-state index is 0.0727. The van der Waals surface area contributed by atoms with Crippen molar-refractivity contribution in [3.8, 4) is 5.75 Å². The van der Waals surface area contributed by atoms with Crippen molar-refractivity contribution in [1.82, 2.24) is 9.78 Å². The smallest absolute Gasteiger partial charge is 0.263 e. The topological polar surface area (TPSA) is 90.3 Å². The maximum absolute atomic E-state index is 12.5. The first-order valence-corrected chi connectivity index (χ1v) is 11.8. The molecule has 1 aromatic carbocycles. The maximum Gasteiger partial charge on any atom is 0.263 e. The van der Waals surface area contributed by atoms with Crippen molar-refractivity contribution in [2.75, 3.05) is 23.4 Å². The summed E-state index contributed by atoms with van der Waals surface area (Å²) in [4.78, 5) is 12.5. The molecule has 0 spiro atoms. The Labute approximate surface area is 162 Å². The summed E-state index contributed by atoms with van der Waals surface area (Å²) < 4.78 is 31.1. The Morgan fingerprint density at radius 1 is 1.37 bits per heavy atom. The SMILES string of the molecule is Cc1ccccc1OCC(=O)Nc1c2c(nn1C1CCS(=O)(=O)C1)CSC2. The Bertz CT molecular complexity index is 984. The number of nitrogens with zero attached hydrogens (tertiary/aromatic N) is 2. The number of ether oxygens (including phenoxy) is 1. The number of hydrogen-bond donors (Lipinski definition) is 1. The number of rotatable bonds is 5. The number of thioether (sulfide) groups is 1. The number of sulfone groups is 1. The predicted octanol–water partition coefficient (Wildman–Crippen LogP) is 2.32. The largest absolute Gasteiger partial charge is 0.483 e. The van der Waals surface area contributed by atoms with Crippen LogP contribution in [0.3, 0.4) is 0 Å². The quantitative estimate of drug-likeness (QED) is 0.818. The van der Waals surface area contributed by atoms with Crippen LogP contribution in [0.5, 0.6) is 5.75 Å². The molecule has 9 heteroatoms. The molecule has 2 aliphatic heterocycles. The molecule has 1 fully saturated rings. The summed E-state index contributed by atoms with van der Waals surface area (Å²) in [5.74, 6) is 2.80. The lowest BCUT2D eigenvalue weighted by Gasteiger charge is -2.16. The van der Waals surface area contributed by atoms with E-state index in [4.69, 9.17) is 4.74 Å². The fourth-order valence-electron chi connectivity index (χ4n) is 3.43. The maximum atomic E-state index is 12.5. The minimum Gasteiger partial charge on any atom is -0.483 e. The number of amides is 1. The Hall–Kier alpha value is -2.00. The fourth-order valence-corrected chi connectivity index (χ4v) is 6.15. The molecular formula is C18H21N3O4S2. The number of carbonyl (C=O) groups excluding carboxylic acids is 1. The molecule has 1 unspecified atom stereocenters. The van der Waals surface area contributed by atoms with Crippen LogP contribution in [-0.2, 0) is 26.1 Å². The molecular weight excluding hydrogens is 386 g/mol. The third-order valence-corrected chi connectivity index (χ3v) is 7.56. The van der Waals surface area contributed by atoms with Crippen LogP contribution in [0.15, 0.2) is 24.3 Å². The molecule has 1 atom stereocenters. The van der Waals surface area contributed by atoms with Crippen LogP contribution in [0.4, 0.5) is 5.82 Å². The van der Waals surface area contributed by atoms with Gasteiger partial charge in [0, 0.05) is 17.1 Å². The van der Waals surface area contributed by atoms with Crippen LogP contribution >= 0.6 is 11.8 Å². The van der Waals surface area contributed by atoms with Crippen LogP contribution in [-0.4, -0.2) is 42.2 Å². The molecule has 1 aromatic heterocycles. The number of benzene rings is 1. The van der Waals surface area contributed by atoms with Gasteiger partial charge in [-0.1, -0.05) is 18.2 Å². The van der Waals surface area contributed by atoms with Crippen LogP contribution < -0.4 is 10.1 Å². The molecule has 4 rings (SSSR count). The van der Waals surface area contributed by atoms with E-state index in [0.717, 1.165) is 28.3 Å². The van der Waals surface area contributed by atoms with E-state index in [9.17, 15) is 13.2 Å². The minimum atomic E-state index is -3.04. The average Bonchev–Trinajstić information content (AvgIpc) is 3.30. The number of fused-ring (bicyclic) bond motifs is 1. The lowest BCUT2D eigenvalue weighted by molar-refractivity contribution is -0.118. The Morgan fingerprint density at radius 2 is 2.19 bits per heavy atom. The monoisotopic (exact) mass is 407 g/mol. The molecule has 7 nitrogen and oxygen atoms in total. The summed E-state index contributed by atoms with van der Waals surface area (Å²) in [6, 6.07) is 7.30. The number of aromatic nitrogens is 2. The molecule has 0 aliphatic carbocycles. The summed E-state index contributed by atoms with van der Waals surface area (Å²) in [5.41, 5.74) is 2.89. The number of hydrogen-bond acceptors (Lipinski definition) is 6. The van der Waals surface area contributed by atoms with E-state index in [2.05, 4.69) is 10.4 Å². The van der Waals surface area contributed by atoms with Crippen LogP contribution in [0.2, 0.25) is 0 Å². The summed E-state index contributed by atoms with van der Waals surface area (Å²) in [6.07, 6.45) is 0.526. The highest BCUT2D eigenvalue weighted by Crippen LogP contribution is 2.38. The number of nitrogens with one attached hydrogen (secondary N) is 1. The van der Waals surface area contributed by atoms with Gasteiger partial charge in [0.25, 0.3) is 5.91 Å². The van der Waals surface area contributed by atoms with Crippen molar-refractivity contribution < 1.29 is 17.9 Å². The second-order valence-corrected chi connectivity index (χ2v) is 10.1. The van der Waals surface area contributed by atoms with Crippen molar-refractivity contribution in [3.05, 3.63) is 41.1 Å². The van der Waals surface area contributed by atoms with Gasteiger partial charge >= 0.3 is 0 Å². The number of anilines is 1. The molecule has 27 heavy (non-hydrogen) atoms. The molecule has 1 N–H and O–H groups in total. The molecule has 0 radical (unpaired) electrons. The van der Waals surface area contributed by atoms with E-state index in [1.165, 1.54) is 0 Å². The van der Waals surface area contributed by atoms with Crippen LogP contribution in [0.1, 0.15) is 29.3 Å². The van der Waals surface area contributed by atoms with Crippen molar-refractivity contribution in [1.29, 1.82) is 0 Å². The van der Waals surface area contributed by atoms with E-state index in [1.54, 1.807) is 16.4 Å². The number of carbonyl (C=O) groups is 1. The lowest BCUT2D eigenvalue weighted by atomic mass is 10.2. The Kier molecular flexibility index (Phi) is 4.90. The van der Waals surface area contributed by atoms with Gasteiger partial charge in [-0.3, -0.25) is 4.79 Å². The third kappa shape index (κ3) is 3.84. The molecule has 2 aliphatic rings. The second-order valence-electron chi connectivity index (χ2n) is 6.87. The number of para-hydroxylation sites is 1. The third-order valence-electron chi connectivity index (χ3n) is 4.84. The van der Waals surface area contributed by atoms with E-state index < -0.39 is 9.84 Å². The van der Waals surface area contributed by atoms with Crippen LogP contribution in [0.25, 0.3) is 0 Å². The summed E-state index contributed by atoms with van der Waals surface area (Å²) in [7, 11) is -3.04. The second kappa shape index (κ2) is 7.20. The standard InChI is InChI=1S/C18H21N3O4S2/c1-12-4-2-3-5-16(12)25-8-17(22)19-18-14-9-26-10-15(14)20-21(18)13-6-7-27(23,24)11-13/h2-5,13H,6-11H2,1H3,(H,19,22). The lowest BCUT2D eigenvalue weighted by Crippen LogP contribution is -2.24. The average molecular weight is 408 g/mol. The molecule has 1 saturated heterocycles. The Balaban J connectivity index is 1.51. The van der Waals surface area contributed by atoms with Gasteiger partial charge in [0.05, 0.1) is 23.2 Å². The summed E-state index contributed by atoms with van der Waals surface area (Å²) in [5, 5.41) is 7.51.